The first-order chi connectivity index (χ1) is 9.70. The molecule has 1 aromatic carbocycles. The number of aromatic nitrogens is 3. The van der Waals surface area contributed by atoms with Gasteiger partial charge in [-0.3, -0.25) is 4.57 Å². The fraction of sp³-hybridized carbons (Fsp3) is 0.200. The first-order valence-electron chi connectivity index (χ1n) is 6.36. The third kappa shape index (κ3) is 2.15. The first-order valence-corrected chi connectivity index (χ1v) is 6.77. The van der Waals surface area contributed by atoms with Crippen molar-refractivity contribution < 1.29 is 4.74 Å². The van der Waals surface area contributed by atoms with E-state index in [1.54, 1.807) is 7.11 Å². The van der Waals surface area contributed by atoms with Crippen molar-refractivity contribution in [2.24, 2.45) is 0 Å². The van der Waals surface area contributed by atoms with Gasteiger partial charge in [-0.2, -0.15) is 0 Å². The number of nitrogens with one attached hydrogen (secondary N) is 1. The number of para-hydroxylation sites is 1. The summed E-state index contributed by atoms with van der Waals surface area (Å²) in [6, 6.07) is 12.0. The van der Waals surface area contributed by atoms with Crippen LogP contribution in [0.25, 0.3) is 16.9 Å². The third-order valence-corrected chi connectivity index (χ3v) is 3.49. The van der Waals surface area contributed by atoms with Crippen molar-refractivity contribution in [2.45, 2.75) is 13.5 Å². The first kappa shape index (κ1) is 13.0. The molecule has 0 atom stereocenters. The highest BCUT2D eigenvalue weighted by atomic mass is 32.1. The summed E-state index contributed by atoms with van der Waals surface area (Å²) in [4.78, 5) is 7.79. The highest BCUT2D eigenvalue weighted by Crippen LogP contribution is 2.21. The molecule has 0 saturated carbocycles. The van der Waals surface area contributed by atoms with Crippen molar-refractivity contribution in [1.82, 2.24) is 14.5 Å². The molecule has 0 radical (unpaired) electrons. The molecular formula is C15H15N3OS. The number of aromatic amines is 1. The fourth-order valence-corrected chi connectivity index (χ4v) is 2.60. The highest BCUT2D eigenvalue weighted by molar-refractivity contribution is 7.71. The summed E-state index contributed by atoms with van der Waals surface area (Å²) in [5.74, 6) is 0. The molecule has 0 aliphatic rings. The van der Waals surface area contributed by atoms with Gasteiger partial charge in [0, 0.05) is 18.4 Å². The van der Waals surface area contributed by atoms with Crippen molar-refractivity contribution in [3.63, 3.8) is 0 Å². The van der Waals surface area contributed by atoms with Crippen LogP contribution in [0.4, 0.5) is 0 Å². The number of methoxy groups -OCH3 is 1. The molecule has 2 aromatic heterocycles. The van der Waals surface area contributed by atoms with Gasteiger partial charge >= 0.3 is 0 Å². The minimum Gasteiger partial charge on any atom is -0.380 e. The Kier molecular flexibility index (Phi) is 3.38. The fourth-order valence-electron chi connectivity index (χ4n) is 2.31. The van der Waals surface area contributed by atoms with E-state index in [1.165, 1.54) is 0 Å². The van der Waals surface area contributed by atoms with Gasteiger partial charge in [0.25, 0.3) is 0 Å². The molecule has 5 heteroatoms. The largest absolute Gasteiger partial charge is 0.380 e. The van der Waals surface area contributed by atoms with Gasteiger partial charge in [-0.25, -0.2) is 4.98 Å². The minimum absolute atomic E-state index is 0.538. The maximum absolute atomic E-state index is 5.45. The second-order valence-corrected chi connectivity index (χ2v) is 5.04. The van der Waals surface area contributed by atoms with Crippen molar-refractivity contribution in [2.75, 3.05) is 7.11 Å². The maximum atomic E-state index is 5.45. The Balaban J connectivity index is 2.32. The topological polar surface area (TPSA) is 42.8 Å². The zero-order valence-corrected chi connectivity index (χ0v) is 12.2. The lowest BCUT2D eigenvalue weighted by Gasteiger charge is -2.10. The molecule has 0 saturated heterocycles. The van der Waals surface area contributed by atoms with Crippen LogP contribution in [0.2, 0.25) is 0 Å². The van der Waals surface area contributed by atoms with E-state index in [4.69, 9.17) is 17.0 Å². The van der Waals surface area contributed by atoms with E-state index in [2.05, 4.69) is 9.97 Å². The number of hydrogen-bond donors (Lipinski definition) is 1. The zero-order chi connectivity index (χ0) is 14.1. The number of pyridine rings is 1. The normalized spacial score (nSPS) is 11.1. The molecular weight excluding hydrogens is 270 g/mol. The van der Waals surface area contributed by atoms with Crippen LogP contribution in [0, 0.1) is 11.7 Å². The standard InChI is InChI=1S/C15H15N3OS/c1-10-7-8-12-14(16-10)18(15(20)17-12)13-6-4-3-5-11(13)9-19-2/h3-8H,9H2,1-2H3,(H,17,20). The van der Waals surface area contributed by atoms with Gasteiger partial charge in [-0.05, 0) is 37.3 Å². The summed E-state index contributed by atoms with van der Waals surface area (Å²) < 4.78 is 7.87. The van der Waals surface area contributed by atoms with Crippen molar-refractivity contribution in [3.8, 4) is 5.69 Å². The number of ether oxygens (including phenoxy) is 1. The zero-order valence-electron chi connectivity index (χ0n) is 11.4. The van der Waals surface area contributed by atoms with Crippen molar-refractivity contribution >= 4 is 23.4 Å². The van der Waals surface area contributed by atoms with E-state index >= 15 is 0 Å². The van der Waals surface area contributed by atoms with Crippen LogP contribution in [0.1, 0.15) is 11.3 Å². The van der Waals surface area contributed by atoms with E-state index in [0.717, 1.165) is 28.1 Å². The lowest BCUT2D eigenvalue weighted by molar-refractivity contribution is 0.185. The van der Waals surface area contributed by atoms with Gasteiger partial charge in [0.2, 0.25) is 0 Å². The minimum atomic E-state index is 0.538. The van der Waals surface area contributed by atoms with E-state index in [-0.39, 0.29) is 0 Å². The van der Waals surface area contributed by atoms with E-state index in [0.29, 0.717) is 11.4 Å². The molecule has 4 nitrogen and oxygen atoms in total. The molecule has 2 heterocycles. The summed E-state index contributed by atoms with van der Waals surface area (Å²) in [6.45, 7) is 2.51. The molecule has 20 heavy (non-hydrogen) atoms. The quantitative estimate of drug-likeness (QED) is 0.748. The molecule has 102 valence electrons. The molecule has 1 N–H and O–H groups in total. The Hall–Kier alpha value is -1.98. The van der Waals surface area contributed by atoms with Crippen molar-refractivity contribution in [1.29, 1.82) is 0 Å². The number of benzene rings is 1. The van der Waals surface area contributed by atoms with E-state index in [9.17, 15) is 0 Å². The summed E-state index contributed by atoms with van der Waals surface area (Å²) >= 11 is 5.45. The molecule has 3 aromatic rings. The van der Waals surface area contributed by atoms with Gasteiger partial charge in [0.05, 0.1) is 17.8 Å². The van der Waals surface area contributed by atoms with Gasteiger partial charge in [0.15, 0.2) is 10.4 Å². The molecule has 0 aliphatic carbocycles. The second kappa shape index (κ2) is 5.19. The maximum Gasteiger partial charge on any atom is 0.184 e. The average molecular weight is 285 g/mol. The van der Waals surface area contributed by atoms with Crippen LogP contribution in [-0.4, -0.2) is 21.6 Å². The summed E-state index contributed by atoms with van der Waals surface area (Å²) in [7, 11) is 1.69. The second-order valence-electron chi connectivity index (χ2n) is 4.65. The van der Waals surface area contributed by atoms with Gasteiger partial charge in [-0.15, -0.1) is 0 Å². The predicted molar refractivity (Wildman–Crippen MR) is 81.7 cm³/mol. The van der Waals surface area contributed by atoms with E-state index < -0.39 is 0 Å². The molecule has 3 rings (SSSR count). The number of rotatable bonds is 3. The monoisotopic (exact) mass is 285 g/mol. The van der Waals surface area contributed by atoms with Gasteiger partial charge < -0.3 is 9.72 Å². The van der Waals surface area contributed by atoms with Crippen LogP contribution in [0.15, 0.2) is 36.4 Å². The molecule has 0 fully saturated rings. The number of imidazole rings is 1. The van der Waals surface area contributed by atoms with Crippen LogP contribution in [0.5, 0.6) is 0 Å². The van der Waals surface area contributed by atoms with Gasteiger partial charge in [-0.1, -0.05) is 18.2 Å². The molecule has 0 unspecified atom stereocenters. The Morgan fingerprint density at radius 2 is 2.05 bits per heavy atom. The molecule has 0 amide bonds. The SMILES string of the molecule is COCc1ccccc1-n1c(=S)[nH]c2ccc(C)nc21. The average Bonchev–Trinajstić information content (AvgIpc) is 2.75. The lowest BCUT2D eigenvalue weighted by atomic mass is 10.2. The number of H-pyrrole nitrogens is 1. The number of aryl methyl sites for hydroxylation is 1. The molecule has 0 bridgehead atoms. The Morgan fingerprint density at radius 3 is 2.85 bits per heavy atom. The van der Waals surface area contributed by atoms with Crippen LogP contribution < -0.4 is 0 Å². The smallest absolute Gasteiger partial charge is 0.184 e. The molecule has 0 spiro atoms. The highest BCUT2D eigenvalue weighted by Gasteiger charge is 2.11. The Labute approximate surface area is 122 Å². The molecule has 0 aliphatic heterocycles. The Bertz CT molecular complexity index is 819. The third-order valence-electron chi connectivity index (χ3n) is 3.20. The summed E-state index contributed by atoms with van der Waals surface area (Å²) in [6.07, 6.45) is 0. The predicted octanol–water partition coefficient (Wildman–Crippen LogP) is 3.54. The van der Waals surface area contributed by atoms with Crippen LogP contribution >= 0.6 is 12.2 Å². The van der Waals surface area contributed by atoms with Crippen LogP contribution in [0.3, 0.4) is 0 Å². The number of fused-ring (bicyclic) bond motifs is 1. The Morgan fingerprint density at radius 1 is 1.25 bits per heavy atom. The van der Waals surface area contributed by atoms with Gasteiger partial charge in [0.1, 0.15) is 0 Å². The van der Waals surface area contributed by atoms with Crippen molar-refractivity contribution in [3.05, 3.63) is 52.4 Å². The summed E-state index contributed by atoms with van der Waals surface area (Å²) in [5.41, 5.74) is 4.83. The lowest BCUT2D eigenvalue weighted by Crippen LogP contribution is -2.02. The van der Waals surface area contributed by atoms with Crippen LogP contribution in [-0.2, 0) is 11.3 Å². The number of hydrogen-bond acceptors (Lipinski definition) is 3. The van der Waals surface area contributed by atoms with E-state index in [1.807, 2.05) is 47.9 Å². The summed E-state index contributed by atoms with van der Waals surface area (Å²) in [5, 5.41) is 0. The number of nitrogens with zero attached hydrogens (tertiary/aromatic N) is 2.